The van der Waals surface area contributed by atoms with Crippen molar-refractivity contribution in [2.75, 3.05) is 7.11 Å². The Balaban J connectivity index is 2.12. The van der Waals surface area contributed by atoms with Crippen molar-refractivity contribution in [2.45, 2.75) is 6.04 Å². The Kier molecular flexibility index (Phi) is 4.50. The highest BCUT2D eigenvalue weighted by molar-refractivity contribution is 5.95. The van der Waals surface area contributed by atoms with Gasteiger partial charge in [0.2, 0.25) is 0 Å². The smallest absolute Gasteiger partial charge is 0.252 e. The molecule has 0 unspecified atom stereocenters. The lowest BCUT2D eigenvalue weighted by Gasteiger charge is -2.13. The SMILES string of the molecule is COc1ccc([C@H](C=O)NC(=O)c2ccccc2)cc1. The molecule has 0 radical (unpaired) electrons. The first-order valence-electron chi connectivity index (χ1n) is 6.19. The van der Waals surface area contributed by atoms with Crippen LogP contribution >= 0.6 is 0 Å². The lowest BCUT2D eigenvalue weighted by Crippen LogP contribution is -2.29. The first-order chi connectivity index (χ1) is 9.74. The van der Waals surface area contributed by atoms with E-state index < -0.39 is 6.04 Å². The molecule has 0 heterocycles. The summed E-state index contributed by atoms with van der Waals surface area (Å²) in [5.74, 6) is 0.423. The Morgan fingerprint density at radius 3 is 2.30 bits per heavy atom. The molecule has 0 aromatic heterocycles. The second-order valence-electron chi connectivity index (χ2n) is 4.23. The van der Waals surface area contributed by atoms with Gasteiger partial charge in [-0.1, -0.05) is 30.3 Å². The number of ether oxygens (including phenoxy) is 1. The lowest BCUT2D eigenvalue weighted by atomic mass is 10.1. The second kappa shape index (κ2) is 6.52. The summed E-state index contributed by atoms with van der Waals surface area (Å²) in [6.07, 6.45) is 0.711. The van der Waals surface area contributed by atoms with E-state index in [4.69, 9.17) is 4.74 Å². The van der Waals surface area contributed by atoms with E-state index in [-0.39, 0.29) is 5.91 Å². The van der Waals surface area contributed by atoms with Gasteiger partial charge in [0.1, 0.15) is 18.1 Å². The number of amides is 1. The van der Waals surface area contributed by atoms with Gasteiger partial charge in [-0.3, -0.25) is 4.79 Å². The van der Waals surface area contributed by atoms with E-state index >= 15 is 0 Å². The molecule has 4 nitrogen and oxygen atoms in total. The molecule has 4 heteroatoms. The first-order valence-corrected chi connectivity index (χ1v) is 6.19. The molecule has 1 N–H and O–H groups in total. The van der Waals surface area contributed by atoms with Crippen molar-refractivity contribution in [2.24, 2.45) is 0 Å². The van der Waals surface area contributed by atoms with E-state index in [1.165, 1.54) is 0 Å². The summed E-state index contributed by atoms with van der Waals surface area (Å²) in [4.78, 5) is 23.2. The van der Waals surface area contributed by atoms with Gasteiger partial charge in [-0.05, 0) is 29.8 Å². The van der Waals surface area contributed by atoms with Crippen LogP contribution in [0.3, 0.4) is 0 Å². The number of methoxy groups -OCH3 is 1. The largest absolute Gasteiger partial charge is 0.497 e. The van der Waals surface area contributed by atoms with Crippen molar-refractivity contribution < 1.29 is 14.3 Å². The minimum atomic E-state index is -0.673. The predicted octanol–water partition coefficient (Wildman–Crippen LogP) is 2.37. The summed E-state index contributed by atoms with van der Waals surface area (Å²) in [7, 11) is 1.57. The van der Waals surface area contributed by atoms with Crippen LogP contribution in [0.25, 0.3) is 0 Å². The monoisotopic (exact) mass is 269 g/mol. The minimum Gasteiger partial charge on any atom is -0.497 e. The molecule has 0 aliphatic heterocycles. The van der Waals surface area contributed by atoms with Crippen molar-refractivity contribution >= 4 is 12.2 Å². The molecule has 20 heavy (non-hydrogen) atoms. The third-order valence-corrected chi connectivity index (χ3v) is 2.93. The Labute approximate surface area is 117 Å². The molecule has 0 fully saturated rings. The van der Waals surface area contributed by atoms with Crippen molar-refractivity contribution in [3.05, 3.63) is 65.7 Å². The van der Waals surface area contributed by atoms with Crippen LogP contribution in [0.4, 0.5) is 0 Å². The third-order valence-electron chi connectivity index (χ3n) is 2.93. The maximum Gasteiger partial charge on any atom is 0.252 e. The Morgan fingerprint density at radius 2 is 1.75 bits per heavy atom. The Hall–Kier alpha value is -2.62. The molecule has 1 atom stereocenters. The number of carbonyl (C=O) groups is 2. The lowest BCUT2D eigenvalue weighted by molar-refractivity contribution is -0.109. The Morgan fingerprint density at radius 1 is 1.10 bits per heavy atom. The van der Waals surface area contributed by atoms with Gasteiger partial charge in [0.25, 0.3) is 5.91 Å². The molecule has 0 aliphatic carbocycles. The molecule has 2 rings (SSSR count). The van der Waals surface area contributed by atoms with Crippen molar-refractivity contribution in [3.63, 3.8) is 0 Å². The number of carbonyl (C=O) groups excluding carboxylic acids is 2. The minimum absolute atomic E-state index is 0.279. The highest BCUT2D eigenvalue weighted by atomic mass is 16.5. The van der Waals surface area contributed by atoms with E-state index in [1.807, 2.05) is 6.07 Å². The van der Waals surface area contributed by atoms with Crippen molar-refractivity contribution in [1.29, 1.82) is 0 Å². The molecule has 0 bridgehead atoms. The number of nitrogens with one attached hydrogen (secondary N) is 1. The van der Waals surface area contributed by atoms with Crippen LogP contribution in [-0.4, -0.2) is 19.3 Å². The van der Waals surface area contributed by atoms with E-state index in [1.54, 1.807) is 55.6 Å². The zero-order valence-corrected chi connectivity index (χ0v) is 11.1. The summed E-state index contributed by atoms with van der Waals surface area (Å²) in [5.41, 5.74) is 1.23. The quantitative estimate of drug-likeness (QED) is 0.848. The van der Waals surface area contributed by atoms with E-state index in [0.29, 0.717) is 23.2 Å². The standard InChI is InChI=1S/C16H15NO3/c1-20-14-9-7-12(8-10-14)15(11-18)17-16(19)13-5-3-2-4-6-13/h2-11,15H,1H3,(H,17,19)/t15-/m0/s1. The summed E-state index contributed by atoms with van der Waals surface area (Å²) in [6, 6.07) is 15.1. The number of benzene rings is 2. The van der Waals surface area contributed by atoms with Gasteiger partial charge in [0, 0.05) is 5.56 Å². The van der Waals surface area contributed by atoms with E-state index in [9.17, 15) is 9.59 Å². The fraction of sp³-hybridized carbons (Fsp3) is 0.125. The first kappa shape index (κ1) is 13.8. The molecule has 0 saturated heterocycles. The fourth-order valence-electron chi connectivity index (χ4n) is 1.82. The van der Waals surface area contributed by atoms with Gasteiger partial charge < -0.3 is 14.8 Å². The Bertz CT molecular complexity index is 578. The molecule has 2 aromatic carbocycles. The molecule has 0 saturated carbocycles. The summed E-state index contributed by atoms with van der Waals surface area (Å²) >= 11 is 0. The average Bonchev–Trinajstić information content (AvgIpc) is 2.53. The van der Waals surface area contributed by atoms with Crippen LogP contribution < -0.4 is 10.1 Å². The van der Waals surface area contributed by atoms with Crippen LogP contribution in [0.2, 0.25) is 0 Å². The molecule has 0 spiro atoms. The van der Waals surface area contributed by atoms with Gasteiger partial charge in [-0.25, -0.2) is 0 Å². The van der Waals surface area contributed by atoms with Gasteiger partial charge in [-0.15, -0.1) is 0 Å². The van der Waals surface area contributed by atoms with Crippen LogP contribution in [0.1, 0.15) is 22.0 Å². The molecule has 1 amide bonds. The number of hydrogen-bond donors (Lipinski definition) is 1. The molecular formula is C16H15NO3. The van der Waals surface area contributed by atoms with Gasteiger partial charge in [0.05, 0.1) is 7.11 Å². The zero-order chi connectivity index (χ0) is 14.4. The summed E-state index contributed by atoms with van der Waals surface area (Å²) < 4.78 is 5.06. The summed E-state index contributed by atoms with van der Waals surface area (Å²) in [5, 5.41) is 2.69. The van der Waals surface area contributed by atoms with Crippen molar-refractivity contribution in [3.8, 4) is 5.75 Å². The average molecular weight is 269 g/mol. The van der Waals surface area contributed by atoms with Gasteiger partial charge in [0.15, 0.2) is 0 Å². The normalized spacial score (nSPS) is 11.4. The molecule has 0 aliphatic rings. The maximum absolute atomic E-state index is 12.0. The van der Waals surface area contributed by atoms with Crippen LogP contribution in [-0.2, 0) is 4.79 Å². The van der Waals surface area contributed by atoms with Crippen molar-refractivity contribution in [1.82, 2.24) is 5.32 Å². The fourth-order valence-corrected chi connectivity index (χ4v) is 1.82. The number of aldehydes is 1. The maximum atomic E-state index is 12.0. The van der Waals surface area contributed by atoms with Crippen LogP contribution in [0, 0.1) is 0 Å². The van der Waals surface area contributed by atoms with E-state index in [2.05, 4.69) is 5.32 Å². The predicted molar refractivity (Wildman–Crippen MR) is 75.7 cm³/mol. The third kappa shape index (κ3) is 3.23. The zero-order valence-electron chi connectivity index (χ0n) is 11.1. The topological polar surface area (TPSA) is 55.4 Å². The number of hydrogen-bond acceptors (Lipinski definition) is 3. The highest BCUT2D eigenvalue weighted by Crippen LogP contribution is 2.16. The van der Waals surface area contributed by atoms with Gasteiger partial charge >= 0.3 is 0 Å². The highest BCUT2D eigenvalue weighted by Gasteiger charge is 2.14. The van der Waals surface area contributed by atoms with Crippen LogP contribution in [0.15, 0.2) is 54.6 Å². The van der Waals surface area contributed by atoms with Gasteiger partial charge in [-0.2, -0.15) is 0 Å². The summed E-state index contributed by atoms with van der Waals surface area (Å²) in [6.45, 7) is 0. The molecular weight excluding hydrogens is 254 g/mol. The van der Waals surface area contributed by atoms with Crippen LogP contribution in [0.5, 0.6) is 5.75 Å². The van der Waals surface area contributed by atoms with E-state index in [0.717, 1.165) is 0 Å². The molecule has 102 valence electrons. The number of rotatable bonds is 5. The molecule has 2 aromatic rings. The second-order valence-corrected chi connectivity index (χ2v) is 4.23.